The van der Waals surface area contributed by atoms with Gasteiger partial charge in [0.05, 0.1) is 23.1 Å². The third-order valence-corrected chi connectivity index (χ3v) is 2.77. The van der Waals surface area contributed by atoms with E-state index in [4.69, 9.17) is 0 Å². The van der Waals surface area contributed by atoms with Crippen LogP contribution < -0.4 is 10.5 Å². The lowest BCUT2D eigenvalue weighted by atomic mass is 10.3. The van der Waals surface area contributed by atoms with Crippen LogP contribution in [-0.2, 0) is 4.79 Å². The van der Waals surface area contributed by atoms with E-state index in [2.05, 4.69) is 10.4 Å². The topological polar surface area (TPSA) is 108 Å². The van der Waals surface area contributed by atoms with Gasteiger partial charge < -0.3 is 9.90 Å². The molecule has 8 nitrogen and oxygen atoms in total. The number of hydrogen-bond donors (Lipinski definition) is 1. The van der Waals surface area contributed by atoms with Crippen LogP contribution in [0.3, 0.4) is 0 Å². The lowest BCUT2D eigenvalue weighted by molar-refractivity contribution is -0.800. The smallest absolute Gasteiger partial charge is 0.269 e. The number of nitrogens with zero attached hydrogens (tertiary/aromatic N) is 3. The minimum Gasteiger partial charge on any atom is -0.544 e. The second-order valence-corrected chi connectivity index (χ2v) is 4.23. The summed E-state index contributed by atoms with van der Waals surface area (Å²) in [7, 11) is 0. The van der Waals surface area contributed by atoms with Crippen LogP contribution in [0.4, 0.5) is 11.4 Å². The highest BCUT2D eigenvalue weighted by Gasteiger charge is 2.30. The molecular weight excluding hydrogens is 252 g/mol. The molecule has 0 fully saturated rings. The Morgan fingerprint density at radius 2 is 2.11 bits per heavy atom. The molecule has 1 unspecified atom stereocenters. The van der Waals surface area contributed by atoms with E-state index in [-0.39, 0.29) is 16.8 Å². The van der Waals surface area contributed by atoms with Gasteiger partial charge in [0.25, 0.3) is 5.69 Å². The number of nitro groups is 1. The predicted molar refractivity (Wildman–Crippen MR) is 65.1 cm³/mol. The lowest BCUT2D eigenvalue weighted by Gasteiger charge is -2.30. The number of aliphatic imine (C=N–C) groups is 1. The average Bonchev–Trinajstić information content (AvgIpc) is 2.77. The summed E-state index contributed by atoms with van der Waals surface area (Å²) in [4.78, 5) is 24.8. The van der Waals surface area contributed by atoms with Gasteiger partial charge in [0.2, 0.25) is 6.34 Å². The van der Waals surface area contributed by atoms with Gasteiger partial charge in [-0.1, -0.05) is 0 Å². The van der Waals surface area contributed by atoms with E-state index in [0.717, 1.165) is 0 Å². The number of quaternary nitrogens is 1. The number of non-ortho nitro benzene ring substituents is 1. The molecule has 0 saturated carbocycles. The van der Waals surface area contributed by atoms with Crippen molar-refractivity contribution in [3.05, 3.63) is 34.4 Å². The normalized spacial score (nSPS) is 21.3. The number of benzene rings is 1. The van der Waals surface area contributed by atoms with Gasteiger partial charge in [0.1, 0.15) is 13.1 Å². The van der Waals surface area contributed by atoms with Crippen molar-refractivity contribution in [2.24, 2.45) is 4.99 Å². The number of hydrogen-bond acceptors (Lipinski definition) is 6. The second kappa shape index (κ2) is 5.02. The monoisotopic (exact) mass is 264 g/mol. The van der Waals surface area contributed by atoms with Crippen molar-refractivity contribution < 1.29 is 19.4 Å². The Hall–Kier alpha value is -2.48. The molecule has 100 valence electrons. The van der Waals surface area contributed by atoms with Crippen molar-refractivity contribution in [1.29, 1.82) is 0 Å². The Kier molecular flexibility index (Phi) is 3.43. The van der Waals surface area contributed by atoms with Crippen LogP contribution in [0.5, 0.6) is 0 Å². The first-order valence-corrected chi connectivity index (χ1v) is 5.61. The first-order chi connectivity index (χ1) is 9.01. The molecule has 0 radical (unpaired) electrons. The van der Waals surface area contributed by atoms with E-state index in [1.807, 2.05) is 0 Å². The first kappa shape index (κ1) is 13.0. The van der Waals surface area contributed by atoms with Crippen LogP contribution >= 0.6 is 0 Å². The molecule has 0 spiro atoms. The van der Waals surface area contributed by atoms with E-state index in [1.165, 1.54) is 30.6 Å². The Labute approximate surface area is 108 Å². The molecule has 19 heavy (non-hydrogen) atoms. The van der Waals surface area contributed by atoms with E-state index in [0.29, 0.717) is 18.8 Å². The first-order valence-electron chi connectivity index (χ1n) is 5.61. The highest BCUT2D eigenvalue weighted by Crippen LogP contribution is 2.19. The van der Waals surface area contributed by atoms with E-state index in [1.54, 1.807) is 0 Å². The number of carboxylic acids is 1. The molecule has 1 aromatic rings. The number of aliphatic carboxylic acids is 1. The summed E-state index contributed by atoms with van der Waals surface area (Å²) >= 11 is 0. The zero-order valence-electron chi connectivity index (χ0n) is 9.98. The van der Waals surface area contributed by atoms with Crippen molar-refractivity contribution in [3.8, 4) is 0 Å². The maximum atomic E-state index is 10.8. The Balaban J connectivity index is 2.15. The van der Waals surface area contributed by atoms with Gasteiger partial charge in [-0.15, -0.1) is 0 Å². The Morgan fingerprint density at radius 3 is 2.58 bits per heavy atom. The second-order valence-electron chi connectivity index (χ2n) is 4.23. The zero-order valence-corrected chi connectivity index (χ0v) is 9.98. The predicted octanol–water partition coefficient (Wildman–Crippen LogP) is -0.470. The number of carbonyl (C=O) groups excluding carboxylic acids is 1. The summed E-state index contributed by atoms with van der Waals surface area (Å²) in [6, 6.07) is 5.76. The molecule has 1 N–H and O–H groups in total. The quantitative estimate of drug-likeness (QED) is 0.439. The average molecular weight is 264 g/mol. The van der Waals surface area contributed by atoms with Crippen molar-refractivity contribution in [1.82, 2.24) is 0 Å². The van der Waals surface area contributed by atoms with Crippen LogP contribution in [0.25, 0.3) is 0 Å². The van der Waals surface area contributed by atoms with Gasteiger partial charge in [-0.2, -0.15) is 4.59 Å². The number of anilines is 1. The molecule has 1 aliphatic heterocycles. The maximum Gasteiger partial charge on any atom is 0.269 e. The molecular formula is C11H12N4O4. The SMILES string of the molecule is O=C([O-])C[N+]1(Nc2ccc([N+](=O)[O-])cc2)C=NCC1. The van der Waals surface area contributed by atoms with Crippen LogP contribution in [0.2, 0.25) is 0 Å². The van der Waals surface area contributed by atoms with Crippen LogP contribution in [0.1, 0.15) is 0 Å². The molecule has 2 rings (SSSR count). The zero-order chi connectivity index (χ0) is 13.9. The molecule has 8 heteroatoms. The van der Waals surface area contributed by atoms with E-state index >= 15 is 0 Å². The molecule has 0 bridgehead atoms. The fourth-order valence-electron chi connectivity index (χ4n) is 1.90. The number of rotatable bonds is 5. The molecule has 1 heterocycles. The van der Waals surface area contributed by atoms with Crippen molar-refractivity contribution in [2.45, 2.75) is 0 Å². The van der Waals surface area contributed by atoms with Crippen molar-refractivity contribution >= 4 is 23.7 Å². The summed E-state index contributed by atoms with van der Waals surface area (Å²) in [5, 5.41) is 21.3. The summed E-state index contributed by atoms with van der Waals surface area (Å²) in [6.07, 6.45) is 1.51. The number of carbonyl (C=O) groups is 1. The number of carboxylic acid groups (broad SMARTS) is 1. The van der Waals surface area contributed by atoms with Gasteiger partial charge in [0, 0.05) is 12.1 Å². The van der Waals surface area contributed by atoms with Crippen molar-refractivity contribution in [2.75, 3.05) is 25.1 Å². The molecule has 0 amide bonds. The number of nitro benzene ring substituents is 1. The Bertz CT molecular complexity index is 528. The summed E-state index contributed by atoms with van der Waals surface area (Å²) in [5.41, 5.74) is 3.56. The molecule has 0 aromatic heterocycles. The van der Waals surface area contributed by atoms with Crippen LogP contribution in [-0.4, -0.2) is 41.5 Å². The molecule has 1 atom stereocenters. The molecule has 0 aliphatic carbocycles. The van der Waals surface area contributed by atoms with Gasteiger partial charge >= 0.3 is 0 Å². The third kappa shape index (κ3) is 3.05. The van der Waals surface area contributed by atoms with Gasteiger partial charge in [0.15, 0.2) is 0 Å². The van der Waals surface area contributed by atoms with Crippen molar-refractivity contribution in [3.63, 3.8) is 0 Å². The summed E-state index contributed by atoms with van der Waals surface area (Å²) < 4.78 is -0.0554. The lowest BCUT2D eigenvalue weighted by Crippen LogP contribution is -2.55. The number of nitrogens with one attached hydrogen (secondary N) is 1. The Morgan fingerprint density at radius 1 is 1.42 bits per heavy atom. The molecule has 1 aliphatic rings. The largest absolute Gasteiger partial charge is 0.544 e. The fraction of sp³-hybridized carbons (Fsp3) is 0.273. The minimum atomic E-state index is -1.19. The highest BCUT2D eigenvalue weighted by molar-refractivity contribution is 5.68. The van der Waals surface area contributed by atoms with Gasteiger partial charge in [-0.05, 0) is 12.1 Å². The molecule has 1 aromatic carbocycles. The molecule has 0 saturated heterocycles. The summed E-state index contributed by atoms with van der Waals surface area (Å²) in [5.74, 6) is -1.19. The summed E-state index contributed by atoms with van der Waals surface area (Å²) in [6.45, 7) is 0.763. The highest BCUT2D eigenvalue weighted by atomic mass is 16.6. The van der Waals surface area contributed by atoms with Gasteiger partial charge in [-0.25, -0.2) is 10.4 Å². The fourth-order valence-corrected chi connectivity index (χ4v) is 1.90. The third-order valence-electron chi connectivity index (χ3n) is 2.77. The maximum absolute atomic E-state index is 10.8. The minimum absolute atomic E-state index is 0.0212. The van der Waals surface area contributed by atoms with E-state index in [9.17, 15) is 20.0 Å². The standard InChI is InChI=1S/C11H12N4O4/c16-11(17)7-15(6-5-12-8-15)13-9-1-3-10(4-2-9)14(18)19/h1-4,8,13H,5-7H2. The van der Waals surface area contributed by atoms with Crippen LogP contribution in [0.15, 0.2) is 29.3 Å². The van der Waals surface area contributed by atoms with Gasteiger partial charge in [-0.3, -0.25) is 10.1 Å². The van der Waals surface area contributed by atoms with Crippen LogP contribution in [0, 0.1) is 10.1 Å². The van der Waals surface area contributed by atoms with E-state index < -0.39 is 10.9 Å².